The highest BCUT2D eigenvalue weighted by atomic mass is 35.5. The Balaban J connectivity index is 2.61. The second-order valence-corrected chi connectivity index (χ2v) is 5.27. The summed E-state index contributed by atoms with van der Waals surface area (Å²) < 4.78 is 0. The normalized spacial score (nSPS) is 10.9. The Morgan fingerprint density at radius 3 is 2.53 bits per heavy atom. The first kappa shape index (κ1) is 14.5. The van der Waals surface area contributed by atoms with Gasteiger partial charge in [-0.05, 0) is 33.3 Å². The van der Waals surface area contributed by atoms with Crippen LogP contribution in [-0.2, 0) is 0 Å². The summed E-state index contributed by atoms with van der Waals surface area (Å²) in [5, 5.41) is 1.21. The first-order valence-corrected chi connectivity index (χ1v) is 7.07. The third-order valence-corrected chi connectivity index (χ3v) is 3.07. The number of anilines is 1. The number of nitrogens with zero attached hydrogens (tertiary/aromatic N) is 4. The summed E-state index contributed by atoms with van der Waals surface area (Å²) in [7, 11) is 6.18. The predicted molar refractivity (Wildman–Crippen MR) is 75.3 cm³/mol. The molecule has 1 rings (SSSR count). The van der Waals surface area contributed by atoms with Crippen molar-refractivity contribution in [3.8, 4) is 0 Å². The molecule has 0 bridgehead atoms. The maximum Gasteiger partial charge on any atom is 0.190 e. The lowest BCUT2D eigenvalue weighted by Crippen LogP contribution is -2.24. The first-order chi connectivity index (χ1) is 8.02. The van der Waals surface area contributed by atoms with Gasteiger partial charge in [0.2, 0.25) is 0 Å². The molecule has 0 saturated heterocycles. The van der Waals surface area contributed by atoms with E-state index in [9.17, 15) is 0 Å². The molecule has 0 spiro atoms. The van der Waals surface area contributed by atoms with Crippen LogP contribution in [0.15, 0.2) is 11.2 Å². The van der Waals surface area contributed by atoms with Gasteiger partial charge in [-0.25, -0.2) is 9.97 Å². The third kappa shape index (κ3) is 5.10. The van der Waals surface area contributed by atoms with Gasteiger partial charge in [0.05, 0.1) is 0 Å². The van der Waals surface area contributed by atoms with E-state index in [1.54, 1.807) is 6.07 Å². The quantitative estimate of drug-likeness (QED) is 0.451. The smallest absolute Gasteiger partial charge is 0.190 e. The van der Waals surface area contributed by atoms with Crippen LogP contribution >= 0.6 is 23.4 Å². The summed E-state index contributed by atoms with van der Waals surface area (Å²) in [4.78, 5) is 12.8. The van der Waals surface area contributed by atoms with Gasteiger partial charge in [0.1, 0.15) is 11.0 Å². The molecule has 1 aromatic heterocycles. The molecule has 4 nitrogen and oxygen atoms in total. The fourth-order valence-electron chi connectivity index (χ4n) is 1.41. The van der Waals surface area contributed by atoms with E-state index in [0.717, 1.165) is 25.3 Å². The summed E-state index contributed by atoms with van der Waals surface area (Å²) in [6, 6.07) is 1.80. The molecule has 1 heterocycles. The summed E-state index contributed by atoms with van der Waals surface area (Å²) in [5.74, 6) is 0.883. The number of rotatable bonds is 6. The van der Waals surface area contributed by atoms with E-state index in [0.29, 0.717) is 10.3 Å². The second kappa shape index (κ2) is 7.03. The van der Waals surface area contributed by atoms with Crippen LogP contribution in [0.2, 0.25) is 5.15 Å². The standard InChI is InChI=1S/C11H19ClN4S/c1-15(2)6-5-7-16(3)10-8-9(12)13-11(14-10)17-4/h8H,5-7H2,1-4H3. The number of aromatic nitrogens is 2. The van der Waals surface area contributed by atoms with Crippen molar-refractivity contribution in [1.82, 2.24) is 14.9 Å². The third-order valence-electron chi connectivity index (χ3n) is 2.33. The van der Waals surface area contributed by atoms with Crippen molar-refractivity contribution in [1.29, 1.82) is 0 Å². The maximum atomic E-state index is 5.96. The highest BCUT2D eigenvalue weighted by Gasteiger charge is 2.07. The van der Waals surface area contributed by atoms with Crippen molar-refractivity contribution in [2.45, 2.75) is 11.6 Å². The van der Waals surface area contributed by atoms with Gasteiger partial charge in [0, 0.05) is 19.7 Å². The molecular weight excluding hydrogens is 256 g/mol. The van der Waals surface area contributed by atoms with Crippen LogP contribution in [0.3, 0.4) is 0 Å². The Labute approximate surface area is 112 Å². The van der Waals surface area contributed by atoms with Crippen LogP contribution < -0.4 is 4.90 Å². The van der Waals surface area contributed by atoms with Crippen molar-refractivity contribution >= 4 is 29.2 Å². The SMILES string of the molecule is CSc1nc(Cl)cc(N(C)CCCN(C)C)n1. The minimum atomic E-state index is 0.499. The van der Waals surface area contributed by atoms with Gasteiger partial charge in [0.25, 0.3) is 0 Å². The van der Waals surface area contributed by atoms with Crippen molar-refractivity contribution < 1.29 is 0 Å². The van der Waals surface area contributed by atoms with Crippen LogP contribution in [-0.4, -0.2) is 55.4 Å². The molecule has 0 amide bonds. The van der Waals surface area contributed by atoms with E-state index in [2.05, 4.69) is 33.9 Å². The van der Waals surface area contributed by atoms with Crippen LogP contribution in [0.4, 0.5) is 5.82 Å². The van der Waals surface area contributed by atoms with Crippen molar-refractivity contribution in [2.75, 3.05) is 45.4 Å². The number of thioether (sulfide) groups is 1. The molecule has 0 aliphatic rings. The van der Waals surface area contributed by atoms with E-state index in [1.165, 1.54) is 11.8 Å². The first-order valence-electron chi connectivity index (χ1n) is 5.47. The highest BCUT2D eigenvalue weighted by molar-refractivity contribution is 7.98. The lowest BCUT2D eigenvalue weighted by atomic mass is 10.3. The Morgan fingerprint density at radius 1 is 1.24 bits per heavy atom. The topological polar surface area (TPSA) is 32.3 Å². The minimum Gasteiger partial charge on any atom is -0.359 e. The summed E-state index contributed by atoms with van der Waals surface area (Å²) in [6.07, 6.45) is 3.04. The van der Waals surface area contributed by atoms with Crippen LogP contribution in [0.25, 0.3) is 0 Å². The molecule has 0 aromatic carbocycles. The van der Waals surface area contributed by atoms with E-state index in [4.69, 9.17) is 11.6 Å². The Kier molecular flexibility index (Phi) is 6.02. The molecule has 6 heteroatoms. The molecule has 1 aromatic rings. The fourth-order valence-corrected chi connectivity index (χ4v) is 2.01. The Morgan fingerprint density at radius 2 is 1.94 bits per heavy atom. The minimum absolute atomic E-state index is 0.499. The van der Waals surface area contributed by atoms with E-state index >= 15 is 0 Å². The van der Waals surface area contributed by atoms with Gasteiger partial charge in [0.15, 0.2) is 5.16 Å². The van der Waals surface area contributed by atoms with Crippen molar-refractivity contribution in [2.24, 2.45) is 0 Å². The van der Waals surface area contributed by atoms with Gasteiger partial charge in [-0.2, -0.15) is 0 Å². The van der Waals surface area contributed by atoms with Gasteiger partial charge < -0.3 is 9.80 Å². The van der Waals surface area contributed by atoms with E-state index < -0.39 is 0 Å². The molecule has 0 aliphatic carbocycles. The van der Waals surface area contributed by atoms with Gasteiger partial charge in [-0.3, -0.25) is 0 Å². The Bertz CT molecular complexity index is 359. The lowest BCUT2D eigenvalue weighted by molar-refractivity contribution is 0.401. The van der Waals surface area contributed by atoms with E-state index in [-0.39, 0.29) is 0 Å². The fraction of sp³-hybridized carbons (Fsp3) is 0.636. The molecular formula is C11H19ClN4S. The lowest BCUT2D eigenvalue weighted by Gasteiger charge is -2.19. The second-order valence-electron chi connectivity index (χ2n) is 4.11. The maximum absolute atomic E-state index is 5.96. The number of hydrogen-bond donors (Lipinski definition) is 0. The highest BCUT2D eigenvalue weighted by Crippen LogP contribution is 2.19. The molecule has 0 unspecified atom stereocenters. The largest absolute Gasteiger partial charge is 0.359 e. The van der Waals surface area contributed by atoms with Gasteiger partial charge in [-0.1, -0.05) is 23.4 Å². The van der Waals surface area contributed by atoms with Crippen molar-refractivity contribution in [3.05, 3.63) is 11.2 Å². The van der Waals surface area contributed by atoms with Gasteiger partial charge >= 0.3 is 0 Å². The number of hydrogen-bond acceptors (Lipinski definition) is 5. The molecule has 0 fully saturated rings. The average Bonchev–Trinajstić information content (AvgIpc) is 2.27. The van der Waals surface area contributed by atoms with Gasteiger partial charge in [-0.15, -0.1) is 0 Å². The van der Waals surface area contributed by atoms with Crippen LogP contribution in [0.1, 0.15) is 6.42 Å². The summed E-state index contributed by atoms with van der Waals surface area (Å²) in [5.41, 5.74) is 0. The average molecular weight is 275 g/mol. The molecule has 17 heavy (non-hydrogen) atoms. The zero-order valence-corrected chi connectivity index (χ0v) is 12.3. The molecule has 0 atom stereocenters. The van der Waals surface area contributed by atoms with Crippen LogP contribution in [0.5, 0.6) is 0 Å². The monoisotopic (exact) mass is 274 g/mol. The Hall–Kier alpha value is -0.520. The summed E-state index contributed by atoms with van der Waals surface area (Å²) in [6.45, 7) is 2.03. The zero-order valence-electron chi connectivity index (χ0n) is 10.8. The number of halogens is 1. The van der Waals surface area contributed by atoms with E-state index in [1.807, 2.05) is 13.3 Å². The molecule has 96 valence electrons. The molecule has 0 aliphatic heterocycles. The summed E-state index contributed by atoms with van der Waals surface area (Å²) >= 11 is 7.46. The molecule has 0 N–H and O–H groups in total. The van der Waals surface area contributed by atoms with Crippen molar-refractivity contribution in [3.63, 3.8) is 0 Å². The predicted octanol–water partition coefficient (Wildman–Crippen LogP) is 2.24. The molecule has 0 radical (unpaired) electrons. The van der Waals surface area contributed by atoms with Crippen LogP contribution in [0, 0.1) is 0 Å². The zero-order chi connectivity index (χ0) is 12.8. The molecule has 0 saturated carbocycles.